The lowest BCUT2D eigenvalue weighted by Crippen LogP contribution is -2.44. The van der Waals surface area contributed by atoms with Crippen LogP contribution in [0.15, 0.2) is 0 Å². The minimum atomic E-state index is -0.0932. The third-order valence-corrected chi connectivity index (χ3v) is 1.49. The molecule has 0 saturated carbocycles. The first-order valence-corrected chi connectivity index (χ1v) is 5.41. The second-order valence-electron chi connectivity index (χ2n) is 5.30. The zero-order valence-corrected chi connectivity index (χ0v) is 11.1. The van der Waals surface area contributed by atoms with E-state index in [4.69, 9.17) is 0 Å². The molecule has 2 heteroatoms. The van der Waals surface area contributed by atoms with Gasteiger partial charge in [0.15, 0.2) is 0 Å². The van der Waals surface area contributed by atoms with Gasteiger partial charge in [-0.25, -0.2) is 0 Å². The van der Waals surface area contributed by atoms with E-state index in [0.717, 1.165) is 6.42 Å². The van der Waals surface area contributed by atoms with Gasteiger partial charge in [0.1, 0.15) is 0 Å². The summed E-state index contributed by atoms with van der Waals surface area (Å²) in [6.07, 6.45) is 0.986. The molecule has 0 aliphatic rings. The third kappa shape index (κ3) is 16.2. The van der Waals surface area contributed by atoms with Gasteiger partial charge < -0.3 is 5.32 Å². The van der Waals surface area contributed by atoms with E-state index in [1.54, 1.807) is 6.92 Å². The van der Waals surface area contributed by atoms with Gasteiger partial charge in [0, 0.05) is 13.9 Å². The van der Waals surface area contributed by atoms with Crippen LogP contribution in [0.25, 0.3) is 0 Å². The number of carbonyl (C=O) groups is 1. The van der Waals surface area contributed by atoms with Crippen molar-refractivity contribution in [1.82, 2.24) is 5.32 Å². The zero-order valence-electron chi connectivity index (χ0n) is 11.1. The molecule has 96 valence electrons. The Morgan fingerprint density at radius 3 is 1.67 bits per heavy atom. The Morgan fingerprint density at radius 1 is 1.13 bits per heavy atom. The van der Waals surface area contributed by atoms with E-state index in [1.807, 2.05) is 13.8 Å². The normalized spacial score (nSPS) is 10.7. The molecule has 0 aromatic carbocycles. The van der Waals surface area contributed by atoms with Crippen LogP contribution in [0.2, 0.25) is 0 Å². The van der Waals surface area contributed by atoms with Gasteiger partial charge in [-0.3, -0.25) is 4.79 Å². The maximum atomic E-state index is 10.8. The van der Waals surface area contributed by atoms with Crippen LogP contribution in [0.3, 0.4) is 0 Å². The summed E-state index contributed by atoms with van der Waals surface area (Å²) in [5.41, 5.74) is 0.163. The lowest BCUT2D eigenvalue weighted by molar-refractivity contribution is -0.120. The SMILES string of the molecule is C.CC.CC(=O)NC(C)(C)CC(C)(C)C.[HH]. The summed E-state index contributed by atoms with van der Waals surface area (Å²) in [5.74, 6) is 0.0456. The molecule has 0 bridgehead atoms. The van der Waals surface area contributed by atoms with E-state index in [0.29, 0.717) is 0 Å². The van der Waals surface area contributed by atoms with Gasteiger partial charge in [-0.05, 0) is 25.7 Å². The van der Waals surface area contributed by atoms with Gasteiger partial charge in [-0.15, -0.1) is 0 Å². The van der Waals surface area contributed by atoms with Crippen molar-refractivity contribution in [3.8, 4) is 0 Å². The molecule has 0 aliphatic carbocycles. The summed E-state index contributed by atoms with van der Waals surface area (Å²) in [4.78, 5) is 10.8. The van der Waals surface area contributed by atoms with Gasteiger partial charge in [-0.2, -0.15) is 0 Å². The van der Waals surface area contributed by atoms with Crippen molar-refractivity contribution in [2.45, 2.75) is 74.8 Å². The van der Waals surface area contributed by atoms with Gasteiger partial charge in [-0.1, -0.05) is 42.0 Å². The van der Waals surface area contributed by atoms with Crippen LogP contribution in [0, 0.1) is 5.41 Å². The summed E-state index contributed by atoms with van der Waals surface area (Å²) in [6, 6.07) is 0. The molecule has 2 nitrogen and oxygen atoms in total. The highest BCUT2D eigenvalue weighted by Gasteiger charge is 2.25. The van der Waals surface area contributed by atoms with E-state index < -0.39 is 0 Å². The fourth-order valence-electron chi connectivity index (χ4n) is 1.85. The van der Waals surface area contributed by atoms with Gasteiger partial charge in [0.25, 0.3) is 0 Å². The lowest BCUT2D eigenvalue weighted by Gasteiger charge is -2.32. The smallest absolute Gasteiger partial charge is 0.217 e. The van der Waals surface area contributed by atoms with Crippen LogP contribution in [-0.2, 0) is 4.79 Å². The summed E-state index contributed by atoms with van der Waals surface area (Å²) < 4.78 is 0. The van der Waals surface area contributed by atoms with Crippen LogP contribution < -0.4 is 5.32 Å². The maximum absolute atomic E-state index is 10.8. The van der Waals surface area contributed by atoms with Crippen LogP contribution in [0.1, 0.15) is 70.7 Å². The first-order valence-electron chi connectivity index (χ1n) is 5.41. The summed E-state index contributed by atoms with van der Waals surface area (Å²) in [5, 5.41) is 2.94. The van der Waals surface area contributed by atoms with Crippen LogP contribution in [0.5, 0.6) is 0 Å². The van der Waals surface area contributed by atoms with E-state index in [-0.39, 0.29) is 25.7 Å². The molecular formula is C13H33NO. The third-order valence-electron chi connectivity index (χ3n) is 1.49. The molecular weight excluding hydrogens is 186 g/mol. The Labute approximate surface area is 98.3 Å². The molecule has 0 aromatic rings. The van der Waals surface area contributed by atoms with Gasteiger partial charge in [0.05, 0.1) is 0 Å². The second kappa shape index (κ2) is 7.72. The molecule has 0 radical (unpaired) electrons. The molecule has 15 heavy (non-hydrogen) atoms. The topological polar surface area (TPSA) is 29.1 Å². The number of hydrogen-bond donors (Lipinski definition) is 1. The van der Waals surface area contributed by atoms with Crippen molar-refractivity contribution < 1.29 is 6.22 Å². The molecule has 0 unspecified atom stereocenters. The zero-order chi connectivity index (χ0) is 12.0. The molecule has 0 rings (SSSR count). The summed E-state index contributed by atoms with van der Waals surface area (Å²) in [6.45, 7) is 16.2. The van der Waals surface area contributed by atoms with Gasteiger partial charge >= 0.3 is 0 Å². The van der Waals surface area contributed by atoms with Crippen LogP contribution in [0.4, 0.5) is 0 Å². The van der Waals surface area contributed by atoms with Crippen molar-refractivity contribution in [1.29, 1.82) is 0 Å². The number of nitrogens with one attached hydrogen (secondary N) is 1. The number of hydrogen-bond acceptors (Lipinski definition) is 1. The van der Waals surface area contributed by atoms with E-state index in [2.05, 4.69) is 39.9 Å². The summed E-state index contributed by atoms with van der Waals surface area (Å²) >= 11 is 0. The average Bonchev–Trinajstić information content (AvgIpc) is 1.82. The molecule has 0 fully saturated rings. The monoisotopic (exact) mass is 219 g/mol. The van der Waals surface area contributed by atoms with E-state index in [1.165, 1.54) is 0 Å². The van der Waals surface area contributed by atoms with Crippen molar-refractivity contribution in [2.24, 2.45) is 5.41 Å². The molecule has 0 atom stereocenters. The molecule has 1 N–H and O–H groups in total. The fraction of sp³-hybridized carbons (Fsp3) is 0.923. The maximum Gasteiger partial charge on any atom is 0.217 e. The van der Waals surface area contributed by atoms with E-state index in [9.17, 15) is 4.79 Å². The van der Waals surface area contributed by atoms with Crippen LogP contribution in [-0.4, -0.2) is 11.4 Å². The Balaban J connectivity index is -0.000000169. The number of amides is 1. The van der Waals surface area contributed by atoms with Crippen molar-refractivity contribution >= 4 is 5.91 Å². The molecule has 1 amide bonds. The minimum absolute atomic E-state index is 0. The predicted molar refractivity (Wildman–Crippen MR) is 72.2 cm³/mol. The quantitative estimate of drug-likeness (QED) is 0.739. The molecule has 0 aliphatic heterocycles. The Bertz CT molecular complexity index is 171. The Morgan fingerprint density at radius 2 is 1.47 bits per heavy atom. The first kappa shape index (κ1) is 20.0. The highest BCUT2D eigenvalue weighted by Crippen LogP contribution is 2.26. The largest absolute Gasteiger partial charge is 0.351 e. The Kier molecular flexibility index (Phi) is 10.3. The van der Waals surface area contributed by atoms with E-state index >= 15 is 0 Å². The number of carbonyl (C=O) groups excluding carboxylic acids is 1. The second-order valence-corrected chi connectivity index (χ2v) is 5.30. The van der Waals surface area contributed by atoms with Crippen molar-refractivity contribution in [2.75, 3.05) is 0 Å². The molecule has 0 saturated heterocycles. The number of rotatable bonds is 2. The van der Waals surface area contributed by atoms with Crippen LogP contribution >= 0.6 is 0 Å². The minimum Gasteiger partial charge on any atom is -0.351 e. The van der Waals surface area contributed by atoms with Crippen molar-refractivity contribution in [3.05, 3.63) is 0 Å². The summed E-state index contributed by atoms with van der Waals surface area (Å²) in [7, 11) is 0. The van der Waals surface area contributed by atoms with Crippen molar-refractivity contribution in [3.63, 3.8) is 0 Å². The lowest BCUT2D eigenvalue weighted by atomic mass is 9.82. The highest BCUT2D eigenvalue weighted by molar-refractivity contribution is 5.73. The molecule has 0 spiro atoms. The standard InChI is InChI=1S/C10H21NO.C2H6.CH4.H2/c1-8(12)11-10(5,6)7-9(2,3)4;1-2;;/h7H2,1-6H3,(H,11,12);1-2H3;1H4;1H. The molecule has 0 heterocycles. The predicted octanol–water partition coefficient (Wildman–Crippen LogP) is 4.25. The Hall–Kier alpha value is -0.530. The molecule has 0 aromatic heterocycles. The van der Waals surface area contributed by atoms with Gasteiger partial charge in [0.2, 0.25) is 5.91 Å². The first-order chi connectivity index (χ1) is 6.12. The fourth-order valence-corrected chi connectivity index (χ4v) is 1.85. The highest BCUT2D eigenvalue weighted by atomic mass is 16.1. The average molecular weight is 219 g/mol.